The molecule has 2 N–H and O–H groups in total. The summed E-state index contributed by atoms with van der Waals surface area (Å²) >= 11 is 0. The number of aryl methyl sites for hydroxylation is 1. The summed E-state index contributed by atoms with van der Waals surface area (Å²) in [5.74, 6) is 1.07. The Kier molecular flexibility index (Phi) is 7.68. The maximum absolute atomic E-state index is 13.1. The van der Waals surface area contributed by atoms with Crippen LogP contribution in [0.5, 0.6) is 0 Å². The molecule has 0 spiro atoms. The standard InChI is InChI=1S/C17H28FN3OS/c1-13-12-15(18)7-6-14(13)8-9-20-16(19-5)21-10-11-23(22)17(2,3)4/h6-7,12H,8-11H2,1-5H3,(H2,19,20,21). The maximum atomic E-state index is 13.1. The van der Waals surface area contributed by atoms with Crippen LogP contribution >= 0.6 is 0 Å². The van der Waals surface area contributed by atoms with Crippen molar-refractivity contribution in [3.8, 4) is 0 Å². The third kappa shape index (κ3) is 7.12. The summed E-state index contributed by atoms with van der Waals surface area (Å²) in [4.78, 5) is 4.15. The van der Waals surface area contributed by atoms with Crippen LogP contribution in [-0.2, 0) is 17.2 Å². The second-order valence-corrected chi connectivity index (χ2v) is 8.73. The highest BCUT2D eigenvalue weighted by Gasteiger charge is 2.18. The molecule has 130 valence electrons. The average Bonchev–Trinajstić information content (AvgIpc) is 2.46. The molecule has 0 aliphatic heterocycles. The first-order chi connectivity index (χ1) is 10.7. The van der Waals surface area contributed by atoms with Gasteiger partial charge in [-0.25, -0.2) is 4.39 Å². The summed E-state index contributed by atoms with van der Waals surface area (Å²) in [6, 6.07) is 4.84. The van der Waals surface area contributed by atoms with Gasteiger partial charge in [0.25, 0.3) is 0 Å². The summed E-state index contributed by atoms with van der Waals surface area (Å²) in [6.45, 7) is 9.14. The van der Waals surface area contributed by atoms with Crippen molar-refractivity contribution < 1.29 is 8.60 Å². The first-order valence-corrected chi connectivity index (χ1v) is 9.14. The fraction of sp³-hybridized carbons (Fsp3) is 0.588. The smallest absolute Gasteiger partial charge is 0.191 e. The molecular formula is C17H28FN3OS. The highest BCUT2D eigenvalue weighted by molar-refractivity contribution is 7.86. The van der Waals surface area contributed by atoms with Crippen molar-refractivity contribution in [2.75, 3.05) is 25.9 Å². The predicted octanol–water partition coefficient (Wildman–Crippen LogP) is 2.39. The molecule has 0 saturated carbocycles. The molecule has 1 atom stereocenters. The lowest BCUT2D eigenvalue weighted by molar-refractivity contribution is 0.625. The van der Waals surface area contributed by atoms with Crippen LogP contribution in [-0.4, -0.2) is 40.8 Å². The lowest BCUT2D eigenvalue weighted by atomic mass is 10.1. The summed E-state index contributed by atoms with van der Waals surface area (Å²) in [7, 11) is 0.830. The van der Waals surface area contributed by atoms with Gasteiger partial charge in [0.05, 0.1) is 0 Å². The van der Waals surface area contributed by atoms with Crippen LogP contribution in [0.25, 0.3) is 0 Å². The molecule has 0 bridgehead atoms. The zero-order valence-corrected chi connectivity index (χ0v) is 15.5. The monoisotopic (exact) mass is 341 g/mol. The van der Waals surface area contributed by atoms with Gasteiger partial charge >= 0.3 is 0 Å². The summed E-state index contributed by atoms with van der Waals surface area (Å²) < 4.78 is 24.9. The number of aliphatic imine (C=N–C) groups is 1. The van der Waals surface area contributed by atoms with Crippen molar-refractivity contribution in [3.63, 3.8) is 0 Å². The largest absolute Gasteiger partial charge is 0.356 e. The van der Waals surface area contributed by atoms with Gasteiger partial charge in [-0.15, -0.1) is 0 Å². The van der Waals surface area contributed by atoms with Gasteiger partial charge in [0, 0.05) is 41.4 Å². The van der Waals surface area contributed by atoms with Gasteiger partial charge in [-0.05, 0) is 57.4 Å². The summed E-state index contributed by atoms with van der Waals surface area (Å²) in [5, 5.41) is 6.39. The number of benzene rings is 1. The SMILES string of the molecule is CN=C(NCCc1ccc(F)cc1C)NCCS(=O)C(C)(C)C. The van der Waals surface area contributed by atoms with Crippen molar-refractivity contribution in [2.45, 2.75) is 38.9 Å². The first-order valence-electron chi connectivity index (χ1n) is 7.82. The van der Waals surface area contributed by atoms with Crippen molar-refractivity contribution in [2.24, 2.45) is 4.99 Å². The number of guanidine groups is 1. The van der Waals surface area contributed by atoms with Crippen LogP contribution in [0.3, 0.4) is 0 Å². The third-order valence-electron chi connectivity index (χ3n) is 3.48. The number of hydrogen-bond acceptors (Lipinski definition) is 2. The molecule has 0 radical (unpaired) electrons. The number of halogens is 1. The fourth-order valence-electron chi connectivity index (χ4n) is 2.04. The molecule has 0 fully saturated rings. The van der Waals surface area contributed by atoms with E-state index in [9.17, 15) is 8.60 Å². The number of nitrogens with one attached hydrogen (secondary N) is 2. The van der Waals surface area contributed by atoms with Gasteiger partial charge in [0.15, 0.2) is 5.96 Å². The van der Waals surface area contributed by atoms with E-state index in [0.29, 0.717) is 24.8 Å². The Morgan fingerprint density at radius 2 is 1.91 bits per heavy atom. The zero-order chi connectivity index (χ0) is 17.5. The van der Waals surface area contributed by atoms with Crippen LogP contribution in [0.2, 0.25) is 0 Å². The molecule has 1 aromatic rings. The van der Waals surface area contributed by atoms with Gasteiger partial charge in [0.2, 0.25) is 0 Å². The van der Waals surface area contributed by atoms with Gasteiger partial charge in [0.1, 0.15) is 5.82 Å². The Balaban J connectivity index is 2.36. The molecule has 23 heavy (non-hydrogen) atoms. The minimum Gasteiger partial charge on any atom is -0.356 e. The molecule has 0 heterocycles. The highest BCUT2D eigenvalue weighted by atomic mass is 32.2. The van der Waals surface area contributed by atoms with E-state index in [2.05, 4.69) is 15.6 Å². The van der Waals surface area contributed by atoms with Crippen LogP contribution < -0.4 is 10.6 Å². The van der Waals surface area contributed by atoms with Gasteiger partial charge < -0.3 is 10.6 Å². The fourth-order valence-corrected chi connectivity index (χ4v) is 2.94. The Bertz CT molecular complexity index is 567. The van der Waals surface area contributed by atoms with E-state index in [1.165, 1.54) is 6.07 Å². The van der Waals surface area contributed by atoms with E-state index in [4.69, 9.17) is 0 Å². The third-order valence-corrected chi connectivity index (χ3v) is 5.42. The Labute approximate surface area is 141 Å². The molecule has 0 aromatic heterocycles. The minimum absolute atomic E-state index is 0.196. The van der Waals surface area contributed by atoms with Crippen molar-refractivity contribution in [3.05, 3.63) is 35.1 Å². The van der Waals surface area contributed by atoms with E-state index in [1.807, 2.05) is 33.8 Å². The van der Waals surface area contributed by atoms with Crippen molar-refractivity contribution >= 4 is 16.8 Å². The average molecular weight is 341 g/mol. The normalized spacial score (nSPS) is 13.7. The quantitative estimate of drug-likeness (QED) is 0.617. The van der Waals surface area contributed by atoms with Crippen molar-refractivity contribution in [1.82, 2.24) is 10.6 Å². The summed E-state index contributed by atoms with van der Waals surface area (Å²) in [5.41, 5.74) is 2.07. The van der Waals surface area contributed by atoms with Crippen molar-refractivity contribution in [1.29, 1.82) is 0 Å². The minimum atomic E-state index is -0.877. The van der Waals surface area contributed by atoms with E-state index in [1.54, 1.807) is 13.1 Å². The molecule has 0 saturated heterocycles. The molecule has 0 aliphatic carbocycles. The summed E-state index contributed by atoms with van der Waals surface area (Å²) in [6.07, 6.45) is 0.792. The van der Waals surface area contributed by atoms with Crippen LogP contribution in [0.15, 0.2) is 23.2 Å². The Morgan fingerprint density at radius 1 is 1.26 bits per heavy atom. The maximum Gasteiger partial charge on any atom is 0.191 e. The Hall–Kier alpha value is -1.43. The second kappa shape index (κ2) is 9.01. The molecule has 1 unspecified atom stereocenters. The zero-order valence-electron chi connectivity index (χ0n) is 14.7. The van der Waals surface area contributed by atoms with Crippen LogP contribution in [0.1, 0.15) is 31.9 Å². The number of hydrogen-bond donors (Lipinski definition) is 2. The molecule has 6 heteroatoms. The number of nitrogens with zero attached hydrogens (tertiary/aromatic N) is 1. The molecule has 0 aliphatic rings. The van der Waals surface area contributed by atoms with E-state index < -0.39 is 10.8 Å². The highest BCUT2D eigenvalue weighted by Crippen LogP contribution is 2.11. The molecule has 4 nitrogen and oxygen atoms in total. The Morgan fingerprint density at radius 3 is 2.48 bits per heavy atom. The van der Waals surface area contributed by atoms with Crippen LogP contribution in [0.4, 0.5) is 4.39 Å². The first kappa shape index (κ1) is 19.6. The lowest BCUT2D eigenvalue weighted by Crippen LogP contribution is -2.41. The molecular weight excluding hydrogens is 313 g/mol. The van der Waals surface area contributed by atoms with E-state index >= 15 is 0 Å². The van der Waals surface area contributed by atoms with Gasteiger partial charge in [-0.2, -0.15) is 0 Å². The predicted molar refractivity (Wildman–Crippen MR) is 97.0 cm³/mol. The second-order valence-electron chi connectivity index (χ2n) is 6.41. The lowest BCUT2D eigenvalue weighted by Gasteiger charge is -2.18. The molecule has 1 rings (SSSR count). The van der Waals surface area contributed by atoms with E-state index in [0.717, 1.165) is 17.5 Å². The molecule has 1 aromatic carbocycles. The topological polar surface area (TPSA) is 53.5 Å². The van der Waals surface area contributed by atoms with Gasteiger partial charge in [-0.3, -0.25) is 9.20 Å². The number of rotatable bonds is 6. The van der Waals surface area contributed by atoms with Gasteiger partial charge in [-0.1, -0.05) is 6.07 Å². The molecule has 0 amide bonds. The van der Waals surface area contributed by atoms with E-state index in [-0.39, 0.29) is 10.6 Å². The van der Waals surface area contributed by atoms with Crippen LogP contribution in [0, 0.1) is 12.7 Å².